The number of para-hydroxylation sites is 6. The van der Waals surface area contributed by atoms with Crippen molar-refractivity contribution in [1.82, 2.24) is 47.2 Å². The lowest BCUT2D eigenvalue weighted by Crippen LogP contribution is -2.04. The van der Waals surface area contributed by atoms with E-state index in [1.807, 2.05) is 0 Å². The zero-order chi connectivity index (χ0) is 79.0. The van der Waals surface area contributed by atoms with E-state index in [1.165, 1.54) is 125 Å². The standard InChI is InChI=1S/C112H62N10/c1-2-26-71(27-3-1)117-91-37-17-12-30-75(91)79-51-44-70(60-99(79)117)105-80-34-10-11-35-81(80)111(116-115-105)122-94-40-20-15-33-78(94)86-62-87-83-56-68(48-53-96(83)119-98-55-47-64-23-7-9-29-74(64)102(98)104(109(87)119)110(86)122)69-45-52-89-90(58-69)114-112(121-95-41-21-16-36-82(95)101-73-28-8-6-22-63(73)46-54-97(101)121)106(113-89)65-42-49-72(50-43-65)118-92-38-18-13-31-76(92)84-61-85-77-32-14-19-39-93(77)120-100-59-67-25-5-4-24-66(67)57-88(100)103(107(84)118)108(85)120/h1-62H. The zero-order valence-electron chi connectivity index (χ0n) is 65.3. The van der Waals surface area contributed by atoms with Gasteiger partial charge in [0.2, 0.25) is 0 Å². The van der Waals surface area contributed by atoms with Crippen molar-refractivity contribution in [2.24, 2.45) is 0 Å². The highest BCUT2D eigenvalue weighted by Gasteiger charge is 2.31. The van der Waals surface area contributed by atoms with Crippen molar-refractivity contribution >= 4 is 218 Å². The summed E-state index contributed by atoms with van der Waals surface area (Å²) in [5.74, 6) is 1.53. The molecule has 10 nitrogen and oxygen atoms in total. The van der Waals surface area contributed by atoms with Gasteiger partial charge < -0.3 is 17.9 Å². The topological polar surface area (TPSA) is 80.1 Å². The number of hydrogen-bond acceptors (Lipinski definition) is 4. The average Bonchev–Trinajstić information content (AvgIpc) is 1.57. The van der Waals surface area contributed by atoms with Gasteiger partial charge in [-0.25, -0.2) is 9.97 Å². The third kappa shape index (κ3) is 8.45. The first-order valence-corrected chi connectivity index (χ1v) is 41.8. The molecule has 0 fully saturated rings. The van der Waals surface area contributed by atoms with Crippen molar-refractivity contribution in [2.45, 2.75) is 0 Å². The van der Waals surface area contributed by atoms with E-state index < -0.39 is 0 Å². The number of benzene rings is 19. The lowest BCUT2D eigenvalue weighted by atomic mass is 9.98. The number of rotatable bonds is 7. The van der Waals surface area contributed by atoms with Crippen LogP contribution in [0.25, 0.3) is 274 Å². The first kappa shape index (κ1) is 64.6. The SMILES string of the molecule is c1ccc(-n2c3ccccc3c3ccc(-c4nnc(-n5c6ccccc6c6cc7c8cc(-c9ccc%10nc(-c%11ccc(-n%12c%13ccccc%13c%13cc%14c%15ccccc%15n%15c%16cc%17ccccc%17cc%16c(c%13%12)c%14%15)cc%11)c(-n%11c%12ccccc%12c%12c%13ccccc%13ccc%12%11)nc%10c9)ccc8n8c9ccc%10ccccc%10c9c(c65)c78)c5ccccc45)cc32)cc1. The molecular weight excluding hydrogens is 1490 g/mol. The van der Waals surface area contributed by atoms with Crippen molar-refractivity contribution in [2.75, 3.05) is 0 Å². The molecule has 29 aromatic rings. The van der Waals surface area contributed by atoms with Crippen LogP contribution in [0.2, 0.25) is 0 Å². The van der Waals surface area contributed by atoms with Crippen molar-refractivity contribution in [1.29, 1.82) is 0 Å². The molecule has 0 unspecified atom stereocenters. The highest BCUT2D eigenvalue weighted by atomic mass is 15.2. The van der Waals surface area contributed by atoms with E-state index in [4.69, 9.17) is 20.2 Å². The molecule has 0 saturated carbocycles. The first-order valence-electron chi connectivity index (χ1n) is 41.8. The lowest BCUT2D eigenvalue weighted by molar-refractivity contribution is 0.978. The minimum atomic E-state index is 0.756. The van der Waals surface area contributed by atoms with Crippen molar-refractivity contribution in [3.8, 4) is 56.7 Å². The molecule has 560 valence electrons. The summed E-state index contributed by atoms with van der Waals surface area (Å²) in [6.45, 7) is 0. The van der Waals surface area contributed by atoms with Crippen LogP contribution >= 0.6 is 0 Å². The summed E-state index contributed by atoms with van der Waals surface area (Å²) in [6, 6.07) is 139. The smallest absolute Gasteiger partial charge is 0.168 e. The predicted octanol–water partition coefficient (Wildman–Crippen LogP) is 28.7. The van der Waals surface area contributed by atoms with Gasteiger partial charge in [-0.05, 0) is 165 Å². The minimum absolute atomic E-state index is 0.756. The Kier molecular flexibility index (Phi) is 12.5. The molecule has 0 aliphatic heterocycles. The van der Waals surface area contributed by atoms with Gasteiger partial charge in [0, 0.05) is 119 Å². The fourth-order valence-corrected chi connectivity index (χ4v) is 21.9. The fourth-order valence-electron chi connectivity index (χ4n) is 21.9. The summed E-state index contributed by atoms with van der Waals surface area (Å²) in [4.78, 5) is 11.8. The van der Waals surface area contributed by atoms with Crippen LogP contribution in [-0.2, 0) is 0 Å². The maximum absolute atomic E-state index is 5.96. The van der Waals surface area contributed by atoms with Crippen LogP contribution in [0.1, 0.15) is 0 Å². The van der Waals surface area contributed by atoms with Gasteiger partial charge in [-0.1, -0.05) is 255 Å². The predicted molar refractivity (Wildman–Crippen MR) is 508 cm³/mol. The summed E-state index contributed by atoms with van der Waals surface area (Å²) in [5.41, 5.74) is 25.5. The van der Waals surface area contributed by atoms with E-state index in [2.05, 4.69) is 403 Å². The van der Waals surface area contributed by atoms with Crippen LogP contribution in [-0.4, -0.2) is 47.2 Å². The summed E-state index contributed by atoms with van der Waals surface area (Å²) in [5, 5.41) is 39.3. The second-order valence-electron chi connectivity index (χ2n) is 33.1. The van der Waals surface area contributed by atoms with Gasteiger partial charge in [-0.3, -0.25) is 9.13 Å². The van der Waals surface area contributed by atoms with Crippen LogP contribution in [0.5, 0.6) is 0 Å². The summed E-state index contributed by atoms with van der Waals surface area (Å²) in [6.07, 6.45) is 0. The van der Waals surface area contributed by atoms with Crippen LogP contribution in [0.4, 0.5) is 0 Å². The van der Waals surface area contributed by atoms with Crippen molar-refractivity contribution < 1.29 is 0 Å². The minimum Gasteiger partial charge on any atom is -0.309 e. The maximum atomic E-state index is 5.96. The summed E-state index contributed by atoms with van der Waals surface area (Å²) in [7, 11) is 0. The molecule has 0 spiro atoms. The van der Waals surface area contributed by atoms with Gasteiger partial charge in [0.05, 0.1) is 88.3 Å². The van der Waals surface area contributed by atoms with Gasteiger partial charge in [-0.2, -0.15) is 0 Å². The third-order valence-electron chi connectivity index (χ3n) is 27.0. The van der Waals surface area contributed by atoms with E-state index in [0.717, 1.165) is 150 Å². The molecule has 0 atom stereocenters. The van der Waals surface area contributed by atoms with E-state index in [-0.39, 0.29) is 0 Å². The molecule has 0 aliphatic rings. The Morgan fingerprint density at radius 1 is 0.172 bits per heavy atom. The van der Waals surface area contributed by atoms with E-state index in [1.54, 1.807) is 0 Å². The summed E-state index contributed by atoms with van der Waals surface area (Å²) < 4.78 is 14.7. The Hall–Kier alpha value is -16.6. The molecule has 10 aromatic heterocycles. The quantitative estimate of drug-likeness (QED) is 0.159. The number of hydrogen-bond donors (Lipinski definition) is 0. The Morgan fingerprint density at radius 3 is 1.39 bits per heavy atom. The largest absolute Gasteiger partial charge is 0.309 e. The second kappa shape index (κ2) is 23.6. The average molecular weight is 1550 g/mol. The van der Waals surface area contributed by atoms with Crippen molar-refractivity contribution in [3.05, 3.63) is 376 Å². The molecule has 0 N–H and O–H groups in total. The van der Waals surface area contributed by atoms with Gasteiger partial charge in [0.25, 0.3) is 0 Å². The fraction of sp³-hybridized carbons (Fsp3) is 0. The van der Waals surface area contributed by atoms with E-state index in [0.29, 0.717) is 0 Å². The van der Waals surface area contributed by atoms with Crippen LogP contribution in [0.15, 0.2) is 376 Å². The maximum Gasteiger partial charge on any atom is 0.168 e. The van der Waals surface area contributed by atoms with Crippen LogP contribution in [0, 0.1) is 0 Å². The Balaban J connectivity index is 0.623. The first-order chi connectivity index (χ1) is 60.5. The number of fused-ring (bicyclic) bond motifs is 33. The summed E-state index contributed by atoms with van der Waals surface area (Å²) >= 11 is 0. The molecule has 10 heteroatoms. The Labute approximate surface area is 693 Å². The molecule has 0 amide bonds. The van der Waals surface area contributed by atoms with Gasteiger partial charge >= 0.3 is 0 Å². The van der Waals surface area contributed by atoms with E-state index >= 15 is 0 Å². The molecule has 0 aliphatic carbocycles. The van der Waals surface area contributed by atoms with Crippen LogP contribution < -0.4 is 0 Å². The second-order valence-corrected chi connectivity index (χ2v) is 33.1. The molecule has 122 heavy (non-hydrogen) atoms. The molecule has 29 rings (SSSR count). The molecule has 0 saturated heterocycles. The molecular formula is C112H62N10. The van der Waals surface area contributed by atoms with Gasteiger partial charge in [0.15, 0.2) is 11.6 Å². The molecule has 19 aromatic carbocycles. The van der Waals surface area contributed by atoms with Crippen LogP contribution in [0.3, 0.4) is 0 Å². The third-order valence-corrected chi connectivity index (χ3v) is 27.0. The highest BCUT2D eigenvalue weighted by molar-refractivity contribution is 6.39. The molecule has 0 bridgehead atoms. The Morgan fingerprint density at radius 2 is 0.656 bits per heavy atom. The molecule has 10 heterocycles. The number of nitrogens with zero attached hydrogens (tertiary/aromatic N) is 10. The van der Waals surface area contributed by atoms with Gasteiger partial charge in [-0.15, -0.1) is 10.2 Å². The Bertz CT molecular complexity index is 9730. The number of aromatic nitrogens is 10. The molecule has 0 radical (unpaired) electrons. The lowest BCUT2D eigenvalue weighted by Gasteiger charge is -2.15. The van der Waals surface area contributed by atoms with Gasteiger partial charge in [0.1, 0.15) is 11.4 Å². The normalized spacial score (nSPS) is 12.6. The van der Waals surface area contributed by atoms with E-state index in [9.17, 15) is 0 Å². The monoisotopic (exact) mass is 1550 g/mol. The highest BCUT2D eigenvalue weighted by Crippen LogP contribution is 2.53. The zero-order valence-corrected chi connectivity index (χ0v) is 65.3. The van der Waals surface area contributed by atoms with Crippen molar-refractivity contribution in [3.63, 3.8) is 0 Å².